The van der Waals surface area contributed by atoms with Crippen molar-refractivity contribution in [2.45, 2.75) is 19.5 Å². The summed E-state index contributed by atoms with van der Waals surface area (Å²) in [7, 11) is 0. The predicted octanol–water partition coefficient (Wildman–Crippen LogP) is -0.658. The number of carboxylic acids is 1. The fourth-order valence-electron chi connectivity index (χ4n) is 0.739. The van der Waals surface area contributed by atoms with E-state index in [1.54, 1.807) is 0 Å². The van der Waals surface area contributed by atoms with Crippen molar-refractivity contribution in [3.63, 3.8) is 0 Å². The minimum atomic E-state index is -1.11. The normalized spacial score (nSPS) is 11.8. The molecule has 0 radical (unpaired) electrons. The van der Waals surface area contributed by atoms with Crippen molar-refractivity contribution in [3.8, 4) is 0 Å². The summed E-state index contributed by atoms with van der Waals surface area (Å²) < 4.78 is 4.44. The Labute approximate surface area is 84.7 Å². The third-order valence-corrected chi connectivity index (χ3v) is 1.53. The number of carbonyl (C=O) groups excluding carboxylic acids is 1. The third-order valence-electron chi connectivity index (χ3n) is 1.53. The van der Waals surface area contributed by atoms with Gasteiger partial charge in [0.15, 0.2) is 5.82 Å². The highest BCUT2D eigenvalue weighted by atomic mass is 16.5. The van der Waals surface area contributed by atoms with E-state index in [0.717, 1.165) is 6.39 Å². The van der Waals surface area contributed by atoms with Crippen molar-refractivity contribution in [3.05, 3.63) is 12.2 Å². The van der Waals surface area contributed by atoms with Gasteiger partial charge in [0.05, 0.1) is 6.54 Å². The van der Waals surface area contributed by atoms with Crippen LogP contribution in [-0.2, 0) is 11.3 Å². The fourth-order valence-corrected chi connectivity index (χ4v) is 0.739. The first-order valence-corrected chi connectivity index (χ1v) is 4.12. The Hall–Kier alpha value is -2.12. The Kier molecular flexibility index (Phi) is 3.61. The minimum absolute atomic E-state index is 0.0780. The van der Waals surface area contributed by atoms with Gasteiger partial charge in [-0.3, -0.25) is 4.79 Å². The third kappa shape index (κ3) is 3.63. The van der Waals surface area contributed by atoms with Gasteiger partial charge in [0, 0.05) is 0 Å². The van der Waals surface area contributed by atoms with Crippen molar-refractivity contribution in [1.29, 1.82) is 0 Å². The van der Waals surface area contributed by atoms with Crippen LogP contribution in [0.15, 0.2) is 10.9 Å². The molecule has 1 atom stereocenters. The summed E-state index contributed by atoms with van der Waals surface area (Å²) in [5.74, 6) is -0.794. The summed E-state index contributed by atoms with van der Waals surface area (Å²) in [5.41, 5.74) is 0. The number of nitrogens with one attached hydrogen (secondary N) is 2. The van der Waals surface area contributed by atoms with E-state index in [9.17, 15) is 9.59 Å². The Bertz CT molecular complexity index is 337. The summed E-state index contributed by atoms with van der Waals surface area (Å²) >= 11 is 0. The Morgan fingerprint density at radius 2 is 2.40 bits per heavy atom. The van der Waals surface area contributed by atoms with E-state index in [2.05, 4.69) is 25.3 Å². The lowest BCUT2D eigenvalue weighted by Crippen LogP contribution is -2.44. The highest BCUT2D eigenvalue weighted by Crippen LogP contribution is 1.87. The van der Waals surface area contributed by atoms with Crippen LogP contribution in [-0.4, -0.2) is 33.3 Å². The Morgan fingerprint density at radius 1 is 1.67 bits per heavy atom. The molecule has 2 amide bonds. The van der Waals surface area contributed by atoms with Crippen LogP contribution in [0, 0.1) is 0 Å². The fraction of sp³-hybridized carbons (Fsp3) is 0.429. The number of amides is 2. The van der Waals surface area contributed by atoms with E-state index in [0.29, 0.717) is 5.82 Å². The largest absolute Gasteiger partial charge is 0.480 e. The first-order valence-electron chi connectivity index (χ1n) is 4.12. The zero-order valence-electron chi connectivity index (χ0n) is 7.93. The van der Waals surface area contributed by atoms with Gasteiger partial charge in [-0.1, -0.05) is 5.16 Å². The van der Waals surface area contributed by atoms with Crippen molar-refractivity contribution in [2.24, 2.45) is 0 Å². The van der Waals surface area contributed by atoms with Gasteiger partial charge in [-0.15, -0.1) is 0 Å². The molecule has 0 aliphatic carbocycles. The predicted molar refractivity (Wildman–Crippen MR) is 46.8 cm³/mol. The number of nitrogens with zero attached hydrogens (tertiary/aromatic N) is 2. The molecule has 15 heavy (non-hydrogen) atoms. The van der Waals surface area contributed by atoms with Gasteiger partial charge in [-0.25, -0.2) is 4.79 Å². The summed E-state index contributed by atoms with van der Waals surface area (Å²) in [5, 5.41) is 16.5. The SMILES string of the molecule is CC(NC(=O)NCc1ncon1)C(=O)O. The zero-order valence-corrected chi connectivity index (χ0v) is 7.93. The standard InChI is InChI=1S/C7H10N4O4/c1-4(6(12)13)10-7(14)8-2-5-9-3-15-11-5/h3-4H,2H2,1H3,(H,12,13)(H2,8,10,14). The first-order chi connectivity index (χ1) is 7.09. The second-order valence-electron chi connectivity index (χ2n) is 2.73. The number of hydrogen-bond donors (Lipinski definition) is 3. The molecule has 0 aliphatic heterocycles. The molecular formula is C7H10N4O4. The lowest BCUT2D eigenvalue weighted by molar-refractivity contribution is -0.138. The van der Waals surface area contributed by atoms with Crippen LogP contribution in [0.5, 0.6) is 0 Å². The number of carboxylic acid groups (broad SMARTS) is 1. The van der Waals surface area contributed by atoms with Crippen molar-refractivity contribution in [2.75, 3.05) is 0 Å². The van der Waals surface area contributed by atoms with E-state index >= 15 is 0 Å². The summed E-state index contributed by atoms with van der Waals surface area (Å²) in [4.78, 5) is 25.1. The molecule has 0 fully saturated rings. The maximum atomic E-state index is 11.1. The molecule has 82 valence electrons. The smallest absolute Gasteiger partial charge is 0.325 e. The van der Waals surface area contributed by atoms with Crippen LogP contribution in [0.2, 0.25) is 0 Å². The van der Waals surface area contributed by atoms with E-state index in [4.69, 9.17) is 5.11 Å². The molecule has 0 saturated heterocycles. The van der Waals surface area contributed by atoms with Crippen LogP contribution >= 0.6 is 0 Å². The van der Waals surface area contributed by atoms with Crippen molar-refractivity contribution in [1.82, 2.24) is 20.8 Å². The zero-order chi connectivity index (χ0) is 11.3. The van der Waals surface area contributed by atoms with Gasteiger partial charge >= 0.3 is 12.0 Å². The first kappa shape index (κ1) is 11.0. The Balaban J connectivity index is 2.28. The quantitative estimate of drug-likeness (QED) is 0.612. The molecule has 0 aromatic carbocycles. The lowest BCUT2D eigenvalue weighted by Gasteiger charge is -2.09. The van der Waals surface area contributed by atoms with Crippen LogP contribution in [0.3, 0.4) is 0 Å². The van der Waals surface area contributed by atoms with Gasteiger partial charge in [-0.2, -0.15) is 4.98 Å². The number of hydrogen-bond acceptors (Lipinski definition) is 5. The van der Waals surface area contributed by atoms with E-state index in [-0.39, 0.29) is 6.54 Å². The van der Waals surface area contributed by atoms with Crippen LogP contribution in [0.4, 0.5) is 4.79 Å². The average Bonchev–Trinajstić information content (AvgIpc) is 2.66. The maximum absolute atomic E-state index is 11.1. The van der Waals surface area contributed by atoms with Crippen LogP contribution < -0.4 is 10.6 Å². The molecule has 0 bridgehead atoms. The summed E-state index contributed by atoms with van der Waals surface area (Å²) in [6, 6.07) is -1.55. The monoisotopic (exact) mass is 214 g/mol. The minimum Gasteiger partial charge on any atom is -0.480 e. The summed E-state index contributed by atoms with van der Waals surface area (Å²) in [6.45, 7) is 1.44. The molecule has 1 aromatic rings. The number of aliphatic carboxylic acids is 1. The molecule has 1 heterocycles. The molecule has 0 spiro atoms. The molecule has 8 nitrogen and oxygen atoms in total. The molecule has 1 unspecified atom stereocenters. The highest BCUT2D eigenvalue weighted by Gasteiger charge is 2.13. The molecule has 0 aliphatic rings. The van der Waals surface area contributed by atoms with Gasteiger partial charge in [-0.05, 0) is 6.92 Å². The van der Waals surface area contributed by atoms with Gasteiger partial charge < -0.3 is 20.3 Å². The number of aromatic nitrogens is 2. The van der Waals surface area contributed by atoms with Crippen LogP contribution in [0.1, 0.15) is 12.7 Å². The van der Waals surface area contributed by atoms with Gasteiger partial charge in [0.2, 0.25) is 6.39 Å². The van der Waals surface area contributed by atoms with Gasteiger partial charge in [0.25, 0.3) is 0 Å². The van der Waals surface area contributed by atoms with E-state index in [1.165, 1.54) is 6.92 Å². The topological polar surface area (TPSA) is 117 Å². The molecule has 8 heteroatoms. The van der Waals surface area contributed by atoms with Gasteiger partial charge in [0.1, 0.15) is 6.04 Å². The van der Waals surface area contributed by atoms with Crippen LogP contribution in [0.25, 0.3) is 0 Å². The maximum Gasteiger partial charge on any atom is 0.325 e. The molecule has 1 rings (SSSR count). The van der Waals surface area contributed by atoms with Crippen molar-refractivity contribution >= 4 is 12.0 Å². The molecular weight excluding hydrogens is 204 g/mol. The summed E-state index contributed by atoms with van der Waals surface area (Å²) in [6.07, 6.45) is 1.13. The Morgan fingerprint density at radius 3 is 2.93 bits per heavy atom. The van der Waals surface area contributed by atoms with E-state index in [1.807, 2.05) is 0 Å². The second-order valence-corrected chi connectivity index (χ2v) is 2.73. The average molecular weight is 214 g/mol. The highest BCUT2D eigenvalue weighted by molar-refractivity contribution is 5.81. The lowest BCUT2D eigenvalue weighted by atomic mass is 10.3. The number of urea groups is 1. The molecule has 1 aromatic heterocycles. The van der Waals surface area contributed by atoms with E-state index < -0.39 is 18.0 Å². The molecule has 3 N–H and O–H groups in total. The number of carbonyl (C=O) groups is 2. The van der Waals surface area contributed by atoms with Crippen molar-refractivity contribution < 1.29 is 19.2 Å². The number of rotatable bonds is 4. The second kappa shape index (κ2) is 4.94. The molecule has 0 saturated carbocycles.